The number of nitrogens with one attached hydrogen (secondary N) is 2. The molecule has 0 aliphatic carbocycles. The maximum absolute atomic E-state index is 9.00. The van der Waals surface area contributed by atoms with Crippen molar-refractivity contribution in [2.45, 2.75) is 19.0 Å². The summed E-state index contributed by atoms with van der Waals surface area (Å²) in [5, 5.41) is 14.1. The van der Waals surface area contributed by atoms with Gasteiger partial charge in [-0.3, -0.25) is 0 Å². The van der Waals surface area contributed by atoms with Crippen LogP contribution in [0.2, 0.25) is 5.02 Å². The van der Waals surface area contributed by atoms with Crippen LogP contribution < -0.4 is 5.32 Å². The molecule has 0 radical (unpaired) electrons. The van der Waals surface area contributed by atoms with Gasteiger partial charge in [-0.1, -0.05) is 29.8 Å². The van der Waals surface area contributed by atoms with Crippen molar-refractivity contribution in [1.82, 2.24) is 10.3 Å². The number of ether oxygens (including phenoxy) is 1. The summed E-state index contributed by atoms with van der Waals surface area (Å²) in [6, 6.07) is 8.07. The summed E-state index contributed by atoms with van der Waals surface area (Å²) in [6.07, 6.45) is 0.658. The zero-order chi connectivity index (χ0) is 13.7. The Hall–Kier alpha value is -1.07. The molecule has 1 atom stereocenters. The second-order valence-corrected chi connectivity index (χ2v) is 4.89. The third-order valence-electron chi connectivity index (χ3n) is 3.13. The van der Waals surface area contributed by atoms with E-state index in [0.717, 1.165) is 21.6 Å². The maximum atomic E-state index is 9.00. The lowest BCUT2D eigenvalue weighted by Crippen LogP contribution is -2.33. The average molecular weight is 283 g/mol. The summed E-state index contributed by atoms with van der Waals surface area (Å²) in [4.78, 5) is 3.31. The fraction of sp³-hybridized carbons (Fsp3) is 0.429. The monoisotopic (exact) mass is 282 g/mol. The molecule has 19 heavy (non-hydrogen) atoms. The molecule has 5 heteroatoms. The highest BCUT2D eigenvalue weighted by Gasteiger charge is 2.11. The number of aromatic amines is 1. The van der Waals surface area contributed by atoms with Crippen molar-refractivity contribution in [2.24, 2.45) is 0 Å². The van der Waals surface area contributed by atoms with Crippen LogP contribution in [-0.2, 0) is 11.3 Å². The highest BCUT2D eigenvalue weighted by molar-refractivity contribution is 6.36. The van der Waals surface area contributed by atoms with Crippen molar-refractivity contribution in [2.75, 3.05) is 20.3 Å². The molecule has 0 spiro atoms. The number of fused-ring (bicyclic) bond motifs is 1. The predicted octanol–water partition coefficient (Wildman–Crippen LogP) is 2.31. The molecule has 4 nitrogen and oxygen atoms in total. The van der Waals surface area contributed by atoms with Crippen molar-refractivity contribution in [3.63, 3.8) is 0 Å². The van der Waals surface area contributed by atoms with Crippen LogP contribution in [0.1, 0.15) is 12.1 Å². The predicted molar refractivity (Wildman–Crippen MR) is 77.5 cm³/mol. The quantitative estimate of drug-likeness (QED) is 0.730. The second kappa shape index (κ2) is 6.91. The van der Waals surface area contributed by atoms with Gasteiger partial charge in [-0.25, -0.2) is 0 Å². The third-order valence-corrected chi connectivity index (χ3v) is 3.56. The summed E-state index contributed by atoms with van der Waals surface area (Å²) < 4.78 is 5.12. The molecule has 2 aromatic rings. The van der Waals surface area contributed by atoms with Crippen molar-refractivity contribution in [1.29, 1.82) is 0 Å². The lowest BCUT2D eigenvalue weighted by atomic mass is 10.2. The second-order valence-electron chi connectivity index (χ2n) is 4.51. The highest BCUT2D eigenvalue weighted by atomic mass is 35.5. The number of aliphatic hydroxyl groups is 1. The number of aliphatic hydroxyl groups excluding tert-OH is 1. The van der Waals surface area contributed by atoms with Gasteiger partial charge in [0.1, 0.15) is 0 Å². The molecule has 104 valence electrons. The zero-order valence-corrected chi connectivity index (χ0v) is 11.7. The molecule has 3 N–H and O–H groups in total. The standard InChI is InChI=1S/C14H19ClN2O2/c1-19-9-10(6-7-18)16-8-13-14(15)11-4-2-3-5-12(11)17-13/h2-5,10,16-18H,6-9H2,1H3. The van der Waals surface area contributed by atoms with Gasteiger partial charge >= 0.3 is 0 Å². The smallest absolute Gasteiger partial charge is 0.0705 e. The molecule has 0 saturated heterocycles. The average Bonchev–Trinajstić information content (AvgIpc) is 2.74. The highest BCUT2D eigenvalue weighted by Crippen LogP contribution is 2.27. The van der Waals surface area contributed by atoms with Gasteiger partial charge < -0.3 is 20.1 Å². The van der Waals surface area contributed by atoms with E-state index in [4.69, 9.17) is 21.4 Å². The first kappa shape index (κ1) is 14.3. The Balaban J connectivity index is 2.06. The molecule has 0 aliphatic heterocycles. The molecule has 1 unspecified atom stereocenters. The molecule has 0 saturated carbocycles. The lowest BCUT2D eigenvalue weighted by Gasteiger charge is -2.16. The van der Waals surface area contributed by atoms with Crippen molar-refractivity contribution in [3.05, 3.63) is 35.0 Å². The minimum absolute atomic E-state index is 0.123. The Kier molecular flexibility index (Phi) is 5.22. The van der Waals surface area contributed by atoms with Crippen LogP contribution in [0.15, 0.2) is 24.3 Å². The van der Waals surface area contributed by atoms with Gasteiger partial charge in [0, 0.05) is 42.9 Å². The molecule has 0 amide bonds. The van der Waals surface area contributed by atoms with Crippen LogP contribution in [0.5, 0.6) is 0 Å². The Morgan fingerprint density at radius 2 is 2.21 bits per heavy atom. The number of aromatic nitrogens is 1. The largest absolute Gasteiger partial charge is 0.396 e. The van der Waals surface area contributed by atoms with E-state index in [1.54, 1.807) is 7.11 Å². The van der Waals surface area contributed by atoms with Gasteiger partial charge in [0.25, 0.3) is 0 Å². The van der Waals surface area contributed by atoms with Crippen LogP contribution in [0, 0.1) is 0 Å². The van der Waals surface area contributed by atoms with Crippen molar-refractivity contribution < 1.29 is 9.84 Å². The number of H-pyrrole nitrogens is 1. The first-order valence-corrected chi connectivity index (χ1v) is 6.72. The van der Waals surface area contributed by atoms with Gasteiger partial charge in [0.05, 0.1) is 11.6 Å². The van der Waals surface area contributed by atoms with Crippen LogP contribution >= 0.6 is 11.6 Å². The van der Waals surface area contributed by atoms with Gasteiger partial charge in [0.15, 0.2) is 0 Å². The summed E-state index contributed by atoms with van der Waals surface area (Å²) in [5.74, 6) is 0. The van der Waals surface area contributed by atoms with E-state index in [-0.39, 0.29) is 12.6 Å². The molecule has 1 aromatic heterocycles. The number of methoxy groups -OCH3 is 1. The van der Waals surface area contributed by atoms with Gasteiger partial charge in [0.2, 0.25) is 0 Å². The maximum Gasteiger partial charge on any atom is 0.0705 e. The van der Waals surface area contributed by atoms with Crippen LogP contribution in [0.25, 0.3) is 10.9 Å². The minimum Gasteiger partial charge on any atom is -0.396 e. The van der Waals surface area contributed by atoms with Crippen LogP contribution in [0.4, 0.5) is 0 Å². The number of rotatable bonds is 7. The molecule has 0 aliphatic rings. The number of halogens is 1. The summed E-state index contributed by atoms with van der Waals surface area (Å²) in [5.41, 5.74) is 2.00. The topological polar surface area (TPSA) is 57.3 Å². The fourth-order valence-electron chi connectivity index (χ4n) is 2.13. The first-order valence-electron chi connectivity index (χ1n) is 6.34. The van der Waals surface area contributed by atoms with E-state index in [9.17, 15) is 0 Å². The van der Waals surface area contributed by atoms with Gasteiger partial charge in [-0.05, 0) is 12.5 Å². The molecular weight excluding hydrogens is 264 g/mol. The first-order chi connectivity index (χ1) is 9.26. The van der Waals surface area contributed by atoms with E-state index in [1.165, 1.54) is 0 Å². The number of hydrogen-bond acceptors (Lipinski definition) is 3. The summed E-state index contributed by atoms with van der Waals surface area (Å²) in [6.45, 7) is 1.33. The number of para-hydroxylation sites is 1. The van der Waals surface area contributed by atoms with Gasteiger partial charge in [-0.15, -0.1) is 0 Å². The normalized spacial score (nSPS) is 13.0. The molecule has 0 fully saturated rings. The van der Waals surface area contributed by atoms with Crippen molar-refractivity contribution >= 4 is 22.5 Å². The fourth-order valence-corrected chi connectivity index (χ4v) is 2.41. The third kappa shape index (κ3) is 3.48. The Labute approximate surface area is 117 Å². The SMILES string of the molecule is COCC(CCO)NCc1[nH]c2ccccc2c1Cl. The Morgan fingerprint density at radius 1 is 1.42 bits per heavy atom. The van der Waals surface area contributed by atoms with E-state index in [1.807, 2.05) is 24.3 Å². The van der Waals surface area contributed by atoms with E-state index >= 15 is 0 Å². The van der Waals surface area contributed by atoms with Crippen molar-refractivity contribution in [3.8, 4) is 0 Å². The number of hydrogen-bond donors (Lipinski definition) is 3. The molecule has 0 bridgehead atoms. The molecular formula is C14H19ClN2O2. The summed E-state index contributed by atoms with van der Waals surface area (Å²) >= 11 is 6.34. The number of benzene rings is 1. The minimum atomic E-state index is 0.123. The lowest BCUT2D eigenvalue weighted by molar-refractivity contribution is 0.148. The Morgan fingerprint density at radius 3 is 2.89 bits per heavy atom. The Bertz CT molecular complexity index is 521. The van der Waals surface area contributed by atoms with E-state index in [0.29, 0.717) is 19.6 Å². The van der Waals surface area contributed by atoms with E-state index in [2.05, 4.69) is 10.3 Å². The van der Waals surface area contributed by atoms with Crippen LogP contribution in [0.3, 0.4) is 0 Å². The molecule has 1 aromatic carbocycles. The molecule has 2 rings (SSSR count). The van der Waals surface area contributed by atoms with E-state index < -0.39 is 0 Å². The summed E-state index contributed by atoms with van der Waals surface area (Å²) in [7, 11) is 1.65. The molecule has 1 heterocycles. The van der Waals surface area contributed by atoms with Gasteiger partial charge in [-0.2, -0.15) is 0 Å². The van der Waals surface area contributed by atoms with Crippen LogP contribution in [-0.4, -0.2) is 36.5 Å². The zero-order valence-electron chi connectivity index (χ0n) is 10.9.